The van der Waals surface area contributed by atoms with Gasteiger partial charge < -0.3 is 24.7 Å². The molecular formula is C32H35N3O6. The molecule has 2 heterocycles. The van der Waals surface area contributed by atoms with Crippen LogP contribution in [0.25, 0.3) is 5.69 Å². The minimum Gasteiger partial charge on any atom is -0.491 e. The van der Waals surface area contributed by atoms with Crippen molar-refractivity contribution in [3.8, 4) is 11.4 Å². The van der Waals surface area contributed by atoms with Crippen LogP contribution in [0, 0.1) is 5.92 Å². The van der Waals surface area contributed by atoms with Crippen LogP contribution < -0.4 is 15.2 Å². The van der Waals surface area contributed by atoms with E-state index in [-0.39, 0.29) is 43.3 Å². The second kappa shape index (κ2) is 12.8. The number of ether oxygens (including phenoxy) is 1. The first kappa shape index (κ1) is 29.5. The Balaban J connectivity index is 1.62. The predicted octanol–water partition coefficient (Wildman–Crippen LogP) is 3.17. The highest BCUT2D eigenvalue weighted by Crippen LogP contribution is 2.46. The maximum Gasteiger partial charge on any atom is 0.297 e. The molecule has 2 atom stereocenters. The zero-order valence-electron chi connectivity index (χ0n) is 23.3. The van der Waals surface area contributed by atoms with Crippen LogP contribution in [0.15, 0.2) is 96.5 Å². The van der Waals surface area contributed by atoms with Gasteiger partial charge in [-0.1, -0.05) is 55.5 Å². The molecule has 2 aromatic carbocycles. The third-order valence-electron chi connectivity index (χ3n) is 7.29. The zero-order valence-corrected chi connectivity index (χ0v) is 23.3. The molecule has 41 heavy (non-hydrogen) atoms. The summed E-state index contributed by atoms with van der Waals surface area (Å²) in [4.78, 5) is 42.5. The van der Waals surface area contributed by atoms with Crippen molar-refractivity contribution in [3.05, 3.63) is 113 Å². The summed E-state index contributed by atoms with van der Waals surface area (Å²) in [5.41, 5.74) is -0.0317. The van der Waals surface area contributed by atoms with Crippen LogP contribution in [0.1, 0.15) is 24.5 Å². The van der Waals surface area contributed by atoms with Gasteiger partial charge in [-0.25, -0.2) is 0 Å². The molecule has 0 spiro atoms. The van der Waals surface area contributed by atoms with Gasteiger partial charge in [0.2, 0.25) is 5.91 Å². The fourth-order valence-electron chi connectivity index (χ4n) is 5.09. The number of carbonyl (C=O) groups is 2. The number of fused-ring (bicyclic) bond motifs is 1. The maximum atomic E-state index is 13.6. The molecule has 1 aliphatic heterocycles. The van der Waals surface area contributed by atoms with E-state index in [4.69, 9.17) is 4.74 Å². The molecule has 0 bridgehead atoms. The minimum atomic E-state index is -1.94. The SMILES string of the molecule is C=CCN1C(=O)[C@@](O)([C@@H](C)/C=C/CC(=O)N(CCO)Cc2ccccc2)c2cc(-n3cccc(OC)c3=O)ccc21. The Bertz CT molecular complexity index is 1500. The lowest BCUT2D eigenvalue weighted by molar-refractivity contribution is -0.139. The molecular weight excluding hydrogens is 522 g/mol. The van der Waals surface area contributed by atoms with Gasteiger partial charge in [-0.15, -0.1) is 6.58 Å². The first-order chi connectivity index (χ1) is 19.8. The molecule has 214 valence electrons. The largest absolute Gasteiger partial charge is 0.491 e. The monoisotopic (exact) mass is 557 g/mol. The van der Waals surface area contributed by atoms with E-state index in [1.54, 1.807) is 66.6 Å². The fraction of sp³-hybridized carbons (Fsp3) is 0.281. The molecule has 0 aliphatic carbocycles. The van der Waals surface area contributed by atoms with E-state index in [1.807, 2.05) is 30.3 Å². The highest BCUT2D eigenvalue weighted by Gasteiger charge is 2.52. The Kier molecular flexibility index (Phi) is 9.21. The Morgan fingerprint density at radius 2 is 1.90 bits per heavy atom. The number of methoxy groups -OCH3 is 1. The molecule has 0 saturated heterocycles. The van der Waals surface area contributed by atoms with Crippen molar-refractivity contribution >= 4 is 17.5 Å². The number of hydrogen-bond donors (Lipinski definition) is 2. The highest BCUT2D eigenvalue weighted by atomic mass is 16.5. The molecule has 2 N–H and O–H groups in total. The lowest BCUT2D eigenvalue weighted by atomic mass is 9.82. The molecule has 0 radical (unpaired) electrons. The Labute approximate surface area is 239 Å². The van der Waals surface area contributed by atoms with Crippen LogP contribution in [-0.4, -0.2) is 58.3 Å². The molecule has 3 aromatic rings. The van der Waals surface area contributed by atoms with Crippen LogP contribution in [0.5, 0.6) is 5.75 Å². The zero-order chi connectivity index (χ0) is 29.6. The summed E-state index contributed by atoms with van der Waals surface area (Å²) in [6.45, 7) is 6.03. The Hall–Kier alpha value is -4.47. The van der Waals surface area contributed by atoms with Crippen molar-refractivity contribution < 1.29 is 24.5 Å². The lowest BCUT2D eigenvalue weighted by Gasteiger charge is -2.27. The van der Waals surface area contributed by atoms with Crippen LogP contribution in [-0.2, 0) is 21.7 Å². The third-order valence-corrected chi connectivity index (χ3v) is 7.29. The number of aliphatic hydroxyl groups excluding tert-OH is 1. The van der Waals surface area contributed by atoms with E-state index in [0.29, 0.717) is 23.5 Å². The van der Waals surface area contributed by atoms with E-state index < -0.39 is 17.4 Å². The average Bonchev–Trinajstić information content (AvgIpc) is 3.20. The van der Waals surface area contributed by atoms with Crippen molar-refractivity contribution in [1.29, 1.82) is 0 Å². The molecule has 4 rings (SSSR count). The van der Waals surface area contributed by atoms with E-state index in [9.17, 15) is 24.6 Å². The smallest absolute Gasteiger partial charge is 0.297 e. The summed E-state index contributed by atoms with van der Waals surface area (Å²) >= 11 is 0. The van der Waals surface area contributed by atoms with Gasteiger partial charge in [0.1, 0.15) is 0 Å². The van der Waals surface area contributed by atoms with Gasteiger partial charge in [0.05, 0.1) is 19.4 Å². The minimum absolute atomic E-state index is 0.0317. The summed E-state index contributed by atoms with van der Waals surface area (Å²) in [5, 5.41) is 21.4. The number of anilines is 1. The van der Waals surface area contributed by atoms with Crippen molar-refractivity contribution in [3.63, 3.8) is 0 Å². The maximum absolute atomic E-state index is 13.6. The molecule has 9 nitrogen and oxygen atoms in total. The summed E-state index contributed by atoms with van der Waals surface area (Å²) in [5.74, 6) is -1.26. The molecule has 1 aliphatic rings. The van der Waals surface area contributed by atoms with E-state index >= 15 is 0 Å². The first-order valence-corrected chi connectivity index (χ1v) is 13.4. The molecule has 0 saturated carbocycles. The highest BCUT2D eigenvalue weighted by molar-refractivity contribution is 6.07. The standard InChI is InChI=1S/C32H35N3O6/c1-4-17-35-27-16-15-25(34-18-9-13-28(41-3)30(34)38)21-26(27)32(40,31(35)39)23(2)10-8-14-29(37)33(19-20-36)22-24-11-6-5-7-12-24/h4-13,15-16,18,21,23,36,40H,1,14,17,19-20,22H2,2-3H3/b10-8+/t23-,32+/m0/s1. The Morgan fingerprint density at radius 1 is 1.15 bits per heavy atom. The van der Waals surface area contributed by atoms with Gasteiger partial charge in [-0.2, -0.15) is 0 Å². The van der Waals surface area contributed by atoms with Gasteiger partial charge in [0, 0.05) is 49.4 Å². The average molecular weight is 558 g/mol. The summed E-state index contributed by atoms with van der Waals surface area (Å²) in [6.07, 6.45) is 6.49. The summed E-state index contributed by atoms with van der Waals surface area (Å²) in [6, 6.07) is 17.8. The second-order valence-corrected chi connectivity index (χ2v) is 9.87. The topological polar surface area (TPSA) is 112 Å². The number of carbonyl (C=O) groups excluding carboxylic acids is 2. The number of hydrogen-bond acceptors (Lipinski definition) is 6. The van der Waals surface area contributed by atoms with Crippen LogP contribution in [0.3, 0.4) is 0 Å². The predicted molar refractivity (Wildman–Crippen MR) is 157 cm³/mol. The molecule has 9 heteroatoms. The Morgan fingerprint density at radius 3 is 2.59 bits per heavy atom. The number of aliphatic hydroxyl groups is 2. The molecule has 1 aromatic heterocycles. The van der Waals surface area contributed by atoms with E-state index in [1.165, 1.54) is 16.6 Å². The van der Waals surface area contributed by atoms with Crippen molar-refractivity contribution in [2.24, 2.45) is 5.92 Å². The van der Waals surface area contributed by atoms with Gasteiger partial charge in [0.15, 0.2) is 11.4 Å². The lowest BCUT2D eigenvalue weighted by Crippen LogP contribution is -2.44. The number of pyridine rings is 1. The summed E-state index contributed by atoms with van der Waals surface area (Å²) in [7, 11) is 1.41. The molecule has 0 unspecified atom stereocenters. The number of nitrogens with zero attached hydrogens (tertiary/aromatic N) is 3. The van der Waals surface area contributed by atoms with Crippen LogP contribution >= 0.6 is 0 Å². The summed E-state index contributed by atoms with van der Waals surface area (Å²) < 4.78 is 6.55. The number of rotatable bonds is 12. The van der Waals surface area contributed by atoms with Gasteiger partial charge in [0.25, 0.3) is 11.5 Å². The molecule has 2 amide bonds. The quantitative estimate of drug-likeness (QED) is 0.331. The van der Waals surface area contributed by atoms with Crippen molar-refractivity contribution in [1.82, 2.24) is 9.47 Å². The third kappa shape index (κ3) is 5.86. The normalized spacial score (nSPS) is 17.0. The van der Waals surface area contributed by atoms with Crippen LogP contribution in [0.4, 0.5) is 5.69 Å². The van der Waals surface area contributed by atoms with Crippen molar-refractivity contribution in [2.75, 3.05) is 31.7 Å². The van der Waals surface area contributed by atoms with Gasteiger partial charge >= 0.3 is 0 Å². The van der Waals surface area contributed by atoms with E-state index in [2.05, 4.69) is 6.58 Å². The number of benzene rings is 2. The van der Waals surface area contributed by atoms with E-state index in [0.717, 1.165) is 5.56 Å². The van der Waals surface area contributed by atoms with Crippen LogP contribution in [0.2, 0.25) is 0 Å². The van der Waals surface area contributed by atoms with Gasteiger partial charge in [-0.05, 0) is 35.9 Å². The van der Waals surface area contributed by atoms with Crippen molar-refractivity contribution in [2.45, 2.75) is 25.5 Å². The molecule has 0 fully saturated rings. The fourth-order valence-corrected chi connectivity index (χ4v) is 5.09. The number of amides is 2. The van der Waals surface area contributed by atoms with Gasteiger partial charge in [-0.3, -0.25) is 19.0 Å². The first-order valence-electron chi connectivity index (χ1n) is 13.4. The number of aromatic nitrogens is 1. The second-order valence-electron chi connectivity index (χ2n) is 9.87.